The first-order chi connectivity index (χ1) is 10.2. The summed E-state index contributed by atoms with van der Waals surface area (Å²) in [6, 6.07) is 6.63. The van der Waals surface area contributed by atoms with Crippen LogP contribution in [0.4, 0.5) is 14.9 Å². The Hall–Kier alpha value is -1.62. The second-order valence-corrected chi connectivity index (χ2v) is 5.96. The lowest BCUT2D eigenvalue weighted by Crippen LogP contribution is -2.47. The molecule has 5 heteroatoms. The van der Waals surface area contributed by atoms with E-state index in [1.165, 1.54) is 25.3 Å². The molecule has 0 spiro atoms. The summed E-state index contributed by atoms with van der Waals surface area (Å²) < 4.78 is 13.6. The zero-order valence-electron chi connectivity index (χ0n) is 12.1. The Kier molecular flexibility index (Phi) is 4.39. The molecular weight excluding hydrogens is 269 g/mol. The number of nitrogens with one attached hydrogen (secondary N) is 2. The summed E-state index contributed by atoms with van der Waals surface area (Å²) in [6.45, 7) is 2.60. The summed E-state index contributed by atoms with van der Waals surface area (Å²) >= 11 is 0. The predicted octanol–water partition coefficient (Wildman–Crippen LogP) is 2.82. The van der Waals surface area contributed by atoms with Gasteiger partial charge in [0.05, 0.1) is 5.69 Å². The Bertz CT molecular complexity index is 502. The summed E-state index contributed by atoms with van der Waals surface area (Å²) in [5, 5.41) is 6.21. The van der Waals surface area contributed by atoms with Crippen molar-refractivity contribution in [2.24, 2.45) is 5.92 Å². The van der Waals surface area contributed by atoms with Gasteiger partial charge in [-0.3, -0.25) is 0 Å². The average Bonchev–Trinajstić information content (AvgIpc) is 3.04. The van der Waals surface area contributed by atoms with E-state index in [0.717, 1.165) is 26.1 Å². The van der Waals surface area contributed by atoms with Crippen LogP contribution < -0.4 is 10.6 Å². The number of amides is 2. The van der Waals surface area contributed by atoms with Crippen LogP contribution in [0.15, 0.2) is 24.3 Å². The van der Waals surface area contributed by atoms with Gasteiger partial charge in [0.25, 0.3) is 0 Å². The number of carbonyl (C=O) groups excluding carboxylic acids is 1. The number of hydrogen-bond acceptors (Lipinski definition) is 2. The van der Waals surface area contributed by atoms with Crippen molar-refractivity contribution in [1.82, 2.24) is 10.2 Å². The molecule has 1 aromatic carbocycles. The van der Waals surface area contributed by atoms with Crippen molar-refractivity contribution in [2.75, 3.05) is 25.0 Å². The molecular formula is C16H22FN3O. The second-order valence-electron chi connectivity index (χ2n) is 5.96. The van der Waals surface area contributed by atoms with E-state index in [-0.39, 0.29) is 11.7 Å². The zero-order valence-corrected chi connectivity index (χ0v) is 12.1. The molecule has 2 amide bonds. The fraction of sp³-hybridized carbons (Fsp3) is 0.562. The zero-order chi connectivity index (χ0) is 14.7. The molecule has 21 heavy (non-hydrogen) atoms. The second kappa shape index (κ2) is 6.43. The maximum atomic E-state index is 13.6. The lowest BCUT2D eigenvalue weighted by Gasteiger charge is -2.35. The number of halogens is 1. The molecule has 2 heterocycles. The third-order valence-electron chi connectivity index (χ3n) is 4.53. The third-order valence-corrected chi connectivity index (χ3v) is 4.53. The van der Waals surface area contributed by atoms with Crippen LogP contribution in [-0.4, -0.2) is 36.6 Å². The van der Waals surface area contributed by atoms with Crippen molar-refractivity contribution >= 4 is 11.7 Å². The van der Waals surface area contributed by atoms with Gasteiger partial charge in [-0.25, -0.2) is 9.18 Å². The minimum Gasteiger partial charge on any atom is -0.324 e. The molecule has 2 aliphatic heterocycles. The third kappa shape index (κ3) is 3.35. The maximum absolute atomic E-state index is 13.6. The molecule has 114 valence electrons. The molecule has 2 aliphatic rings. The van der Waals surface area contributed by atoms with Gasteiger partial charge in [-0.05, 0) is 50.3 Å². The molecule has 2 atom stereocenters. The van der Waals surface area contributed by atoms with Crippen LogP contribution in [0.2, 0.25) is 0 Å². The van der Waals surface area contributed by atoms with Gasteiger partial charge in [-0.2, -0.15) is 0 Å². The molecule has 0 saturated carbocycles. The van der Waals surface area contributed by atoms with Gasteiger partial charge >= 0.3 is 6.03 Å². The quantitative estimate of drug-likeness (QED) is 0.880. The maximum Gasteiger partial charge on any atom is 0.321 e. The van der Waals surface area contributed by atoms with Crippen LogP contribution in [0.3, 0.4) is 0 Å². The molecule has 2 unspecified atom stereocenters. The summed E-state index contributed by atoms with van der Waals surface area (Å²) in [5.41, 5.74) is 0.253. The van der Waals surface area contributed by atoms with Crippen LogP contribution in [0.25, 0.3) is 0 Å². The molecule has 0 aliphatic carbocycles. The Labute approximate surface area is 124 Å². The molecule has 2 saturated heterocycles. The summed E-state index contributed by atoms with van der Waals surface area (Å²) in [6.07, 6.45) is 4.62. The van der Waals surface area contributed by atoms with E-state index < -0.39 is 5.82 Å². The number of carbonyl (C=O) groups is 1. The van der Waals surface area contributed by atoms with E-state index in [1.54, 1.807) is 18.2 Å². The van der Waals surface area contributed by atoms with Crippen LogP contribution in [0.1, 0.15) is 25.7 Å². The molecule has 2 fully saturated rings. The van der Waals surface area contributed by atoms with E-state index >= 15 is 0 Å². The highest BCUT2D eigenvalue weighted by atomic mass is 19.1. The highest BCUT2D eigenvalue weighted by Gasteiger charge is 2.30. The number of hydrogen-bond donors (Lipinski definition) is 2. The molecule has 0 aromatic heterocycles. The fourth-order valence-corrected chi connectivity index (χ4v) is 3.39. The molecule has 3 rings (SSSR count). The van der Waals surface area contributed by atoms with Gasteiger partial charge in [0.1, 0.15) is 5.82 Å². The largest absolute Gasteiger partial charge is 0.324 e. The van der Waals surface area contributed by atoms with Gasteiger partial charge in [0.15, 0.2) is 0 Å². The van der Waals surface area contributed by atoms with Crippen molar-refractivity contribution < 1.29 is 9.18 Å². The Morgan fingerprint density at radius 2 is 2.14 bits per heavy atom. The topological polar surface area (TPSA) is 44.4 Å². The standard InChI is InChI=1S/C16H22FN3O/c17-13-6-1-2-7-15(13)19-16(21)20-10-4-5-12(11-20)14-8-3-9-18-14/h1-2,6-7,12,14,18H,3-5,8-11H2,(H,19,21). The monoisotopic (exact) mass is 291 g/mol. The Morgan fingerprint density at radius 1 is 1.29 bits per heavy atom. The molecule has 0 radical (unpaired) electrons. The summed E-state index contributed by atoms with van der Waals surface area (Å²) in [5.74, 6) is 0.129. The van der Waals surface area contributed by atoms with E-state index in [0.29, 0.717) is 12.0 Å². The van der Waals surface area contributed by atoms with Crippen LogP contribution in [0, 0.1) is 11.7 Å². The molecule has 2 N–H and O–H groups in total. The van der Waals surface area contributed by atoms with Gasteiger partial charge in [0, 0.05) is 19.1 Å². The van der Waals surface area contributed by atoms with Crippen LogP contribution in [-0.2, 0) is 0 Å². The van der Waals surface area contributed by atoms with Gasteiger partial charge in [-0.15, -0.1) is 0 Å². The number of piperidine rings is 1. The fourth-order valence-electron chi connectivity index (χ4n) is 3.39. The number of benzene rings is 1. The van der Waals surface area contributed by atoms with Crippen molar-refractivity contribution in [3.8, 4) is 0 Å². The molecule has 1 aromatic rings. The Morgan fingerprint density at radius 3 is 2.90 bits per heavy atom. The SMILES string of the molecule is O=C(Nc1ccccc1F)N1CCCC(C2CCCN2)C1. The Balaban J connectivity index is 1.60. The van der Waals surface area contributed by atoms with E-state index in [2.05, 4.69) is 10.6 Å². The van der Waals surface area contributed by atoms with Crippen molar-refractivity contribution in [3.63, 3.8) is 0 Å². The number of rotatable bonds is 2. The highest BCUT2D eigenvalue weighted by molar-refractivity contribution is 5.89. The first-order valence-corrected chi connectivity index (χ1v) is 7.78. The van der Waals surface area contributed by atoms with Gasteiger partial charge in [0.2, 0.25) is 0 Å². The summed E-state index contributed by atoms with van der Waals surface area (Å²) in [7, 11) is 0. The number of nitrogens with zero attached hydrogens (tertiary/aromatic N) is 1. The summed E-state index contributed by atoms with van der Waals surface area (Å²) in [4.78, 5) is 14.1. The molecule has 0 bridgehead atoms. The smallest absolute Gasteiger partial charge is 0.321 e. The van der Waals surface area contributed by atoms with Crippen LogP contribution in [0.5, 0.6) is 0 Å². The van der Waals surface area contributed by atoms with Crippen molar-refractivity contribution in [2.45, 2.75) is 31.7 Å². The lowest BCUT2D eigenvalue weighted by atomic mass is 9.90. The number of para-hydroxylation sites is 1. The van der Waals surface area contributed by atoms with Gasteiger partial charge < -0.3 is 15.5 Å². The first-order valence-electron chi connectivity index (χ1n) is 7.78. The average molecular weight is 291 g/mol. The van der Waals surface area contributed by atoms with E-state index in [1.807, 2.05) is 4.90 Å². The predicted molar refractivity (Wildman–Crippen MR) is 80.7 cm³/mol. The van der Waals surface area contributed by atoms with Crippen molar-refractivity contribution in [1.29, 1.82) is 0 Å². The normalized spacial score (nSPS) is 25.9. The highest BCUT2D eigenvalue weighted by Crippen LogP contribution is 2.25. The number of anilines is 1. The van der Waals surface area contributed by atoms with Gasteiger partial charge in [-0.1, -0.05) is 12.1 Å². The number of likely N-dealkylation sites (tertiary alicyclic amines) is 1. The molecule has 4 nitrogen and oxygen atoms in total. The van der Waals surface area contributed by atoms with Crippen LogP contribution >= 0.6 is 0 Å². The lowest BCUT2D eigenvalue weighted by molar-refractivity contribution is 0.163. The first kappa shape index (κ1) is 14.3. The number of urea groups is 1. The van der Waals surface area contributed by atoms with E-state index in [9.17, 15) is 9.18 Å². The minimum atomic E-state index is -0.392. The van der Waals surface area contributed by atoms with Crippen molar-refractivity contribution in [3.05, 3.63) is 30.1 Å². The minimum absolute atomic E-state index is 0.192. The van der Waals surface area contributed by atoms with E-state index in [4.69, 9.17) is 0 Å².